The third kappa shape index (κ3) is 3.02. The summed E-state index contributed by atoms with van der Waals surface area (Å²) in [5.41, 5.74) is 7.16. The van der Waals surface area contributed by atoms with Crippen LogP contribution < -0.4 is 0 Å². The van der Waals surface area contributed by atoms with Crippen LogP contribution in [0.2, 0.25) is 5.02 Å². The number of benzene rings is 2. The van der Waals surface area contributed by atoms with E-state index in [4.69, 9.17) is 16.6 Å². The molecular formula is C22H18ClN3. The van der Waals surface area contributed by atoms with Crippen LogP contribution in [0, 0.1) is 13.8 Å². The van der Waals surface area contributed by atoms with Crippen LogP contribution in [0.1, 0.15) is 11.1 Å². The van der Waals surface area contributed by atoms with Crippen molar-refractivity contribution >= 4 is 11.6 Å². The smallest absolute Gasteiger partial charge is 0.139 e. The van der Waals surface area contributed by atoms with Crippen molar-refractivity contribution in [3.63, 3.8) is 0 Å². The molecule has 2 aromatic carbocycles. The lowest BCUT2D eigenvalue weighted by molar-refractivity contribution is 1.24. The Labute approximate surface area is 157 Å². The number of aromatic amines is 1. The highest BCUT2D eigenvalue weighted by atomic mass is 35.5. The maximum absolute atomic E-state index is 6.06. The van der Waals surface area contributed by atoms with Gasteiger partial charge in [-0.25, -0.2) is 4.98 Å². The number of H-pyrrole nitrogens is 1. The quantitative estimate of drug-likeness (QED) is 0.482. The first-order valence-corrected chi connectivity index (χ1v) is 8.85. The van der Waals surface area contributed by atoms with Gasteiger partial charge in [0, 0.05) is 22.3 Å². The van der Waals surface area contributed by atoms with Gasteiger partial charge in [0.25, 0.3) is 0 Å². The fraction of sp³-hybridized carbons (Fsp3) is 0.0909. The van der Waals surface area contributed by atoms with Crippen LogP contribution in [0.5, 0.6) is 0 Å². The van der Waals surface area contributed by atoms with E-state index in [0.717, 1.165) is 34.0 Å². The topological polar surface area (TPSA) is 41.6 Å². The molecule has 0 aliphatic heterocycles. The number of hydrogen-bond donors (Lipinski definition) is 1. The Kier molecular flexibility index (Phi) is 4.31. The van der Waals surface area contributed by atoms with Gasteiger partial charge in [-0.05, 0) is 49.2 Å². The Balaban J connectivity index is 1.95. The summed E-state index contributed by atoms with van der Waals surface area (Å²) in [7, 11) is 0. The molecule has 0 unspecified atom stereocenters. The van der Waals surface area contributed by atoms with Crippen molar-refractivity contribution in [2.45, 2.75) is 13.8 Å². The van der Waals surface area contributed by atoms with Gasteiger partial charge in [-0.2, -0.15) is 0 Å². The van der Waals surface area contributed by atoms with Crippen LogP contribution in [-0.2, 0) is 0 Å². The minimum Gasteiger partial charge on any atom is -0.337 e. The van der Waals surface area contributed by atoms with Gasteiger partial charge in [0.15, 0.2) is 0 Å². The molecule has 0 spiro atoms. The second-order valence-electron chi connectivity index (χ2n) is 6.30. The van der Waals surface area contributed by atoms with E-state index in [1.54, 1.807) is 6.20 Å². The molecular weight excluding hydrogens is 342 g/mol. The van der Waals surface area contributed by atoms with Crippen molar-refractivity contribution in [1.82, 2.24) is 15.0 Å². The lowest BCUT2D eigenvalue weighted by Crippen LogP contribution is -1.89. The van der Waals surface area contributed by atoms with E-state index < -0.39 is 0 Å². The number of halogens is 1. The first kappa shape index (κ1) is 16.6. The maximum atomic E-state index is 6.06. The van der Waals surface area contributed by atoms with Crippen LogP contribution in [0.4, 0.5) is 0 Å². The predicted molar refractivity (Wildman–Crippen MR) is 107 cm³/mol. The molecule has 128 valence electrons. The van der Waals surface area contributed by atoms with E-state index in [2.05, 4.69) is 42.0 Å². The molecule has 0 aliphatic rings. The average Bonchev–Trinajstić information content (AvgIpc) is 3.08. The summed E-state index contributed by atoms with van der Waals surface area (Å²) < 4.78 is 0. The van der Waals surface area contributed by atoms with Gasteiger partial charge in [-0.1, -0.05) is 48.0 Å². The summed E-state index contributed by atoms with van der Waals surface area (Å²) in [5, 5.41) is 0.711. The van der Waals surface area contributed by atoms with Crippen molar-refractivity contribution in [2.24, 2.45) is 0 Å². The van der Waals surface area contributed by atoms with Gasteiger partial charge < -0.3 is 4.98 Å². The molecule has 0 saturated heterocycles. The predicted octanol–water partition coefficient (Wildman–Crippen LogP) is 6.08. The Bertz CT molecular complexity index is 1030. The van der Waals surface area contributed by atoms with E-state index in [1.807, 2.05) is 42.5 Å². The summed E-state index contributed by atoms with van der Waals surface area (Å²) in [6.45, 7) is 4.21. The van der Waals surface area contributed by atoms with Gasteiger partial charge in [0.05, 0.1) is 11.4 Å². The normalized spacial score (nSPS) is 10.9. The molecule has 0 saturated carbocycles. The van der Waals surface area contributed by atoms with Crippen LogP contribution in [0.25, 0.3) is 34.0 Å². The van der Waals surface area contributed by atoms with Crippen LogP contribution >= 0.6 is 11.6 Å². The maximum Gasteiger partial charge on any atom is 0.139 e. The number of nitrogens with zero attached hydrogens (tertiary/aromatic N) is 2. The molecule has 0 fully saturated rings. The fourth-order valence-corrected chi connectivity index (χ4v) is 3.32. The van der Waals surface area contributed by atoms with Crippen molar-refractivity contribution in [1.29, 1.82) is 0 Å². The lowest BCUT2D eigenvalue weighted by atomic mass is 10.0. The number of rotatable bonds is 3. The highest BCUT2D eigenvalue weighted by molar-refractivity contribution is 6.30. The third-order valence-electron chi connectivity index (χ3n) is 4.46. The number of hydrogen-bond acceptors (Lipinski definition) is 2. The van der Waals surface area contributed by atoms with Gasteiger partial charge in [-0.3, -0.25) is 4.98 Å². The number of imidazole rings is 1. The van der Waals surface area contributed by atoms with Crippen LogP contribution in [0.15, 0.2) is 66.9 Å². The molecule has 0 bridgehead atoms. The molecule has 1 N–H and O–H groups in total. The standard InChI is InChI=1S/C22H18ClN3/c1-14-6-5-7-15(2)19(14)22-25-20(16-9-11-17(23)12-10-16)21(26-22)18-8-3-4-13-24-18/h3-13H,1-2H3,(H,25,26). The SMILES string of the molecule is Cc1cccc(C)c1-c1nc(-c2ccccn2)c(-c2ccc(Cl)cc2)[nH]1. The van der Waals surface area contributed by atoms with Crippen LogP contribution in [0.3, 0.4) is 0 Å². The van der Waals surface area contributed by atoms with E-state index in [1.165, 1.54) is 11.1 Å². The first-order valence-electron chi connectivity index (χ1n) is 8.47. The van der Waals surface area contributed by atoms with Gasteiger partial charge >= 0.3 is 0 Å². The summed E-state index contributed by atoms with van der Waals surface area (Å²) in [4.78, 5) is 12.9. The molecule has 0 atom stereocenters. The molecule has 0 aliphatic carbocycles. The number of pyridine rings is 1. The zero-order valence-electron chi connectivity index (χ0n) is 14.6. The fourth-order valence-electron chi connectivity index (χ4n) is 3.19. The molecule has 2 heterocycles. The second kappa shape index (κ2) is 6.77. The number of nitrogens with one attached hydrogen (secondary N) is 1. The molecule has 0 amide bonds. The minimum atomic E-state index is 0.711. The van der Waals surface area contributed by atoms with E-state index in [0.29, 0.717) is 5.02 Å². The van der Waals surface area contributed by atoms with Gasteiger partial charge in [0.1, 0.15) is 11.5 Å². The summed E-state index contributed by atoms with van der Waals surface area (Å²) in [6.07, 6.45) is 1.79. The van der Waals surface area contributed by atoms with E-state index >= 15 is 0 Å². The molecule has 0 radical (unpaired) electrons. The van der Waals surface area contributed by atoms with Crippen molar-refractivity contribution in [3.05, 3.63) is 83.0 Å². The highest BCUT2D eigenvalue weighted by Crippen LogP contribution is 2.34. The second-order valence-corrected chi connectivity index (χ2v) is 6.73. The largest absolute Gasteiger partial charge is 0.337 e. The monoisotopic (exact) mass is 359 g/mol. The number of aryl methyl sites for hydroxylation is 2. The molecule has 26 heavy (non-hydrogen) atoms. The molecule has 2 aromatic heterocycles. The molecule has 3 nitrogen and oxygen atoms in total. The number of aromatic nitrogens is 3. The van der Waals surface area contributed by atoms with E-state index in [-0.39, 0.29) is 0 Å². The van der Waals surface area contributed by atoms with E-state index in [9.17, 15) is 0 Å². The highest BCUT2D eigenvalue weighted by Gasteiger charge is 2.18. The Hall–Kier alpha value is -2.91. The molecule has 4 heteroatoms. The Morgan fingerprint density at radius 1 is 0.846 bits per heavy atom. The molecule has 4 aromatic rings. The minimum absolute atomic E-state index is 0.711. The van der Waals surface area contributed by atoms with Crippen molar-refractivity contribution in [2.75, 3.05) is 0 Å². The average molecular weight is 360 g/mol. The summed E-state index contributed by atoms with van der Waals surface area (Å²) >= 11 is 6.06. The van der Waals surface area contributed by atoms with Gasteiger partial charge in [0.2, 0.25) is 0 Å². The zero-order valence-corrected chi connectivity index (χ0v) is 15.4. The van der Waals surface area contributed by atoms with Gasteiger partial charge in [-0.15, -0.1) is 0 Å². The zero-order chi connectivity index (χ0) is 18.1. The summed E-state index contributed by atoms with van der Waals surface area (Å²) in [5.74, 6) is 0.853. The van der Waals surface area contributed by atoms with Crippen LogP contribution in [-0.4, -0.2) is 15.0 Å². The Morgan fingerprint density at radius 3 is 2.23 bits per heavy atom. The first-order chi connectivity index (χ1) is 12.6. The third-order valence-corrected chi connectivity index (χ3v) is 4.71. The van der Waals surface area contributed by atoms with Crippen molar-refractivity contribution < 1.29 is 0 Å². The summed E-state index contributed by atoms with van der Waals surface area (Å²) in [6, 6.07) is 19.9. The lowest BCUT2D eigenvalue weighted by Gasteiger charge is -2.06. The Morgan fingerprint density at radius 2 is 1.58 bits per heavy atom. The molecule has 4 rings (SSSR count). The van der Waals surface area contributed by atoms with Crippen molar-refractivity contribution in [3.8, 4) is 34.0 Å².